The van der Waals surface area contributed by atoms with Gasteiger partial charge < -0.3 is 5.32 Å². The zero-order chi connectivity index (χ0) is 30.0. The van der Waals surface area contributed by atoms with Gasteiger partial charge >= 0.3 is 18.0 Å². The highest BCUT2D eigenvalue weighted by Gasteiger charge is 2.73. The molecule has 0 aliphatic rings. The highest BCUT2D eigenvalue weighted by Crippen LogP contribution is 2.54. The van der Waals surface area contributed by atoms with Crippen molar-refractivity contribution in [3.05, 3.63) is 92.7 Å². The Morgan fingerprint density at radius 1 is 0.950 bits per heavy atom. The number of hydrogen-bond acceptors (Lipinski definition) is 3. The number of halogens is 10. The first-order valence-corrected chi connectivity index (χ1v) is 11.9. The van der Waals surface area contributed by atoms with Crippen LogP contribution in [-0.2, 0) is 5.67 Å². The fraction of sp³-hybridized carbons (Fsp3) is 0.160. The smallest absolute Gasteiger partial charge is 0.320 e. The van der Waals surface area contributed by atoms with Crippen LogP contribution in [0.2, 0.25) is 5.02 Å². The van der Waals surface area contributed by atoms with Crippen LogP contribution in [0.25, 0.3) is 0 Å². The molecule has 0 bridgehead atoms. The van der Waals surface area contributed by atoms with Crippen molar-refractivity contribution in [2.24, 2.45) is 0 Å². The van der Waals surface area contributed by atoms with Gasteiger partial charge in [-0.2, -0.15) is 31.6 Å². The maximum atomic E-state index is 15.5. The van der Waals surface area contributed by atoms with Crippen LogP contribution in [-0.4, -0.2) is 30.7 Å². The summed E-state index contributed by atoms with van der Waals surface area (Å²) in [5.41, 5.74) is -9.39. The maximum Gasteiger partial charge on any atom is 0.435 e. The zero-order valence-electron chi connectivity index (χ0n) is 19.5. The summed E-state index contributed by atoms with van der Waals surface area (Å²) in [6.45, 7) is -0.613. The van der Waals surface area contributed by atoms with E-state index in [1.807, 2.05) is 5.32 Å². The minimum atomic E-state index is -6.41. The molecule has 0 aliphatic carbocycles. The highest BCUT2D eigenvalue weighted by atomic mass is 79.9. The summed E-state index contributed by atoms with van der Waals surface area (Å²) < 4.78 is 108. The van der Waals surface area contributed by atoms with Crippen molar-refractivity contribution in [3.63, 3.8) is 0 Å². The van der Waals surface area contributed by atoms with Crippen LogP contribution in [0.1, 0.15) is 26.3 Å². The number of alkyl halides is 7. The van der Waals surface area contributed by atoms with Gasteiger partial charge in [0.15, 0.2) is 5.82 Å². The molecule has 0 radical (unpaired) electrons. The van der Waals surface area contributed by atoms with Crippen LogP contribution in [0.15, 0.2) is 65.1 Å². The Balaban J connectivity index is 2.00. The van der Waals surface area contributed by atoms with Gasteiger partial charge in [0, 0.05) is 15.6 Å². The first-order chi connectivity index (χ1) is 18.5. The molecule has 3 aromatic rings. The molecule has 0 aromatic heterocycles. The van der Waals surface area contributed by atoms with Crippen molar-refractivity contribution >= 4 is 50.7 Å². The molecule has 0 heterocycles. The summed E-state index contributed by atoms with van der Waals surface area (Å²) in [5, 5.41) is 10.3. The van der Waals surface area contributed by atoms with Crippen molar-refractivity contribution in [1.82, 2.24) is 0 Å². The quantitative estimate of drug-likeness (QED) is 0.217. The minimum Gasteiger partial charge on any atom is -0.320 e. The molecule has 3 aromatic carbocycles. The van der Waals surface area contributed by atoms with Crippen molar-refractivity contribution in [3.8, 4) is 6.07 Å². The molecule has 0 atom stereocenters. The Bertz CT molecular complexity index is 1450. The van der Waals surface area contributed by atoms with Crippen molar-refractivity contribution < 1.29 is 44.7 Å². The number of rotatable bonds is 6. The largest absolute Gasteiger partial charge is 0.435 e. The summed E-state index contributed by atoms with van der Waals surface area (Å²) in [5.74, 6) is -3.33. The molecule has 3 rings (SSSR count). The molecule has 0 aliphatic heterocycles. The number of nitriles is 1. The molecule has 0 saturated carbocycles. The van der Waals surface area contributed by atoms with Gasteiger partial charge in [-0.05, 0) is 52.3 Å². The summed E-state index contributed by atoms with van der Waals surface area (Å²) in [7, 11) is 0. The normalized spacial score (nSPS) is 12.0. The average molecular weight is 655 g/mol. The van der Waals surface area contributed by atoms with Gasteiger partial charge in [-0.1, -0.05) is 35.9 Å². The predicted octanol–water partition coefficient (Wildman–Crippen LogP) is 7.95. The number of hydrogen-bond donors (Lipinski definition) is 1. The van der Waals surface area contributed by atoms with Crippen molar-refractivity contribution in [2.75, 3.05) is 16.8 Å². The second kappa shape index (κ2) is 11.4. The molecule has 1 N–H and O–H groups in total. The number of carbonyl (C=O) groups is 2. The molecule has 2 amide bonds. The summed E-state index contributed by atoms with van der Waals surface area (Å²) >= 11 is 8.48. The molecule has 0 spiro atoms. The van der Waals surface area contributed by atoms with E-state index in [-0.39, 0.29) is 17.7 Å². The highest BCUT2D eigenvalue weighted by molar-refractivity contribution is 9.10. The Morgan fingerprint density at radius 3 is 2.08 bits per heavy atom. The van der Waals surface area contributed by atoms with Gasteiger partial charge in [0.2, 0.25) is 0 Å². The van der Waals surface area contributed by atoms with E-state index in [1.54, 1.807) is 12.1 Å². The Labute approximate surface area is 234 Å². The zero-order valence-corrected chi connectivity index (χ0v) is 21.8. The SMILES string of the molecule is N#CCN(C(=O)c1ccccc1)c1cccc(C(=O)Nc2c(Cl)cc(C(F)(C(F)(F)F)C(F)(F)F)cc2Br)c1F. The van der Waals surface area contributed by atoms with E-state index in [4.69, 9.17) is 16.9 Å². The van der Waals surface area contributed by atoms with E-state index >= 15 is 4.39 Å². The van der Waals surface area contributed by atoms with E-state index < -0.39 is 74.2 Å². The number of nitrogens with zero attached hydrogens (tertiary/aromatic N) is 2. The van der Waals surface area contributed by atoms with Crippen LogP contribution in [0.5, 0.6) is 0 Å². The van der Waals surface area contributed by atoms with E-state index in [9.17, 15) is 40.3 Å². The van der Waals surface area contributed by atoms with Crippen LogP contribution < -0.4 is 10.2 Å². The lowest BCUT2D eigenvalue weighted by Crippen LogP contribution is -2.50. The second-order valence-corrected chi connectivity index (χ2v) is 9.24. The second-order valence-electron chi connectivity index (χ2n) is 7.98. The molecule has 40 heavy (non-hydrogen) atoms. The van der Waals surface area contributed by atoms with E-state index in [1.165, 1.54) is 30.3 Å². The van der Waals surface area contributed by atoms with Gasteiger partial charge in [0.05, 0.1) is 28.0 Å². The fourth-order valence-corrected chi connectivity index (χ4v) is 4.48. The van der Waals surface area contributed by atoms with Gasteiger partial charge in [0.25, 0.3) is 11.8 Å². The van der Waals surface area contributed by atoms with E-state index in [2.05, 4.69) is 15.9 Å². The third-order valence-electron chi connectivity index (χ3n) is 5.47. The van der Waals surface area contributed by atoms with Gasteiger partial charge in [0.1, 0.15) is 6.54 Å². The molecular weight excluding hydrogens is 642 g/mol. The van der Waals surface area contributed by atoms with Gasteiger partial charge in [-0.25, -0.2) is 8.78 Å². The number of benzene rings is 3. The third-order valence-corrected chi connectivity index (χ3v) is 6.39. The van der Waals surface area contributed by atoms with E-state index in [0.717, 1.165) is 17.0 Å². The molecular formula is C25H13BrClF8N3O2. The number of anilines is 2. The predicted molar refractivity (Wildman–Crippen MR) is 132 cm³/mol. The first kappa shape index (κ1) is 30.8. The number of amides is 2. The monoisotopic (exact) mass is 653 g/mol. The lowest BCUT2D eigenvalue weighted by Gasteiger charge is -2.30. The summed E-state index contributed by atoms with van der Waals surface area (Å²) in [6.07, 6.45) is -12.8. The average Bonchev–Trinajstić information content (AvgIpc) is 2.87. The number of carbonyl (C=O) groups excluding carboxylic acids is 2. The Hall–Kier alpha value is -3.70. The van der Waals surface area contributed by atoms with E-state index in [0.29, 0.717) is 0 Å². The Morgan fingerprint density at radius 2 is 1.55 bits per heavy atom. The summed E-state index contributed by atoms with van der Waals surface area (Å²) in [4.78, 5) is 26.5. The third kappa shape index (κ3) is 5.75. The fourth-order valence-electron chi connectivity index (χ4n) is 3.54. The molecule has 0 unspecified atom stereocenters. The van der Waals surface area contributed by atoms with Crippen molar-refractivity contribution in [1.29, 1.82) is 5.26 Å². The van der Waals surface area contributed by atoms with Crippen molar-refractivity contribution in [2.45, 2.75) is 18.0 Å². The van der Waals surface area contributed by atoms with Gasteiger partial charge in [-0.15, -0.1) is 0 Å². The lowest BCUT2D eigenvalue weighted by atomic mass is 9.94. The summed E-state index contributed by atoms with van der Waals surface area (Å²) in [6, 6.07) is 12.6. The molecule has 210 valence electrons. The molecule has 5 nitrogen and oxygen atoms in total. The maximum absolute atomic E-state index is 15.5. The minimum absolute atomic E-state index is 0.0306. The van der Waals surface area contributed by atoms with Crippen LogP contribution >= 0.6 is 27.5 Å². The van der Waals surface area contributed by atoms with Gasteiger partial charge in [-0.3, -0.25) is 14.5 Å². The van der Waals surface area contributed by atoms with Crippen LogP contribution in [0.4, 0.5) is 46.5 Å². The molecule has 0 saturated heterocycles. The molecule has 0 fully saturated rings. The number of nitrogens with one attached hydrogen (secondary N) is 1. The Kier molecular flexibility index (Phi) is 8.80. The first-order valence-electron chi connectivity index (χ1n) is 10.7. The lowest BCUT2D eigenvalue weighted by molar-refractivity contribution is -0.348. The topological polar surface area (TPSA) is 73.2 Å². The molecule has 15 heteroatoms. The van der Waals surface area contributed by atoms with Crippen LogP contribution in [0, 0.1) is 17.1 Å². The van der Waals surface area contributed by atoms with Crippen LogP contribution in [0.3, 0.4) is 0 Å². The standard InChI is InChI=1S/C25H13BrClF8N3O2/c26-16-11-14(23(29,24(30,31)32)25(33,34)35)12-17(27)20(16)37-21(39)15-7-4-8-18(19(15)28)38(10-9-36)22(40)13-5-2-1-3-6-13/h1-8,11-12H,10H2,(H,37,39).